The molecular formula is C31H40N4O2S. The van der Waals surface area contributed by atoms with Gasteiger partial charge in [-0.05, 0) is 118 Å². The lowest BCUT2D eigenvalue weighted by Crippen LogP contribution is -2.48. The normalized spacial score (nSPS) is 23.5. The number of ether oxygens (including phenoxy) is 1. The fourth-order valence-corrected chi connectivity index (χ4v) is 7.14. The monoisotopic (exact) mass is 532 g/mol. The number of likely N-dealkylation sites (N-methyl/N-ethyl adjacent to an activating group) is 1. The Balaban J connectivity index is 1.42. The minimum atomic E-state index is 0.0303. The van der Waals surface area contributed by atoms with Crippen molar-refractivity contribution in [1.82, 2.24) is 4.90 Å². The first-order valence-corrected chi connectivity index (χ1v) is 14.7. The van der Waals surface area contributed by atoms with E-state index in [1.165, 1.54) is 34.3 Å². The first-order valence-electron chi connectivity index (χ1n) is 13.9. The van der Waals surface area contributed by atoms with E-state index < -0.39 is 0 Å². The number of fused-ring (bicyclic) bond motifs is 1. The molecule has 38 heavy (non-hydrogen) atoms. The van der Waals surface area contributed by atoms with Gasteiger partial charge in [-0.25, -0.2) is 4.99 Å². The number of aliphatic imine (C=N–C) groups is 1. The third kappa shape index (κ3) is 5.10. The predicted molar refractivity (Wildman–Crippen MR) is 161 cm³/mol. The number of aryl methyl sites for hydroxylation is 1. The molecule has 1 amide bonds. The SMILES string of the molecule is CCN1C(=O)/C(=C/c2cc3c(cc2C)N(CC)C(C)(C)CC3C)SC1=Nc1ccc(N2CCOCC2)cc1. The van der Waals surface area contributed by atoms with E-state index in [0.29, 0.717) is 12.5 Å². The van der Waals surface area contributed by atoms with Crippen molar-refractivity contribution in [3.63, 3.8) is 0 Å². The highest BCUT2D eigenvalue weighted by atomic mass is 32.2. The van der Waals surface area contributed by atoms with Gasteiger partial charge >= 0.3 is 0 Å². The van der Waals surface area contributed by atoms with Crippen LogP contribution in [-0.2, 0) is 9.53 Å². The summed E-state index contributed by atoms with van der Waals surface area (Å²) in [6, 6.07) is 12.9. The number of rotatable bonds is 5. The Hall–Kier alpha value is -2.77. The van der Waals surface area contributed by atoms with Crippen LogP contribution in [0.4, 0.5) is 17.1 Å². The minimum absolute atomic E-state index is 0.0303. The molecule has 5 rings (SSSR count). The van der Waals surface area contributed by atoms with E-state index in [1.807, 2.05) is 19.1 Å². The Morgan fingerprint density at radius 3 is 2.47 bits per heavy atom. The van der Waals surface area contributed by atoms with Gasteiger partial charge in [-0.15, -0.1) is 0 Å². The van der Waals surface area contributed by atoms with Crippen molar-refractivity contribution >= 4 is 46.0 Å². The van der Waals surface area contributed by atoms with Crippen molar-refractivity contribution in [2.45, 2.75) is 59.4 Å². The largest absolute Gasteiger partial charge is 0.378 e. The van der Waals surface area contributed by atoms with Crippen molar-refractivity contribution in [2.75, 3.05) is 49.2 Å². The number of hydrogen-bond donors (Lipinski definition) is 0. The van der Waals surface area contributed by atoms with Crippen LogP contribution in [0.5, 0.6) is 0 Å². The summed E-state index contributed by atoms with van der Waals surface area (Å²) in [6.07, 6.45) is 3.18. The van der Waals surface area contributed by atoms with Crippen LogP contribution in [0.1, 0.15) is 63.6 Å². The van der Waals surface area contributed by atoms with E-state index >= 15 is 0 Å². The number of amidine groups is 1. The van der Waals surface area contributed by atoms with Gasteiger partial charge in [-0.1, -0.05) is 6.92 Å². The van der Waals surface area contributed by atoms with Crippen LogP contribution in [0.25, 0.3) is 6.08 Å². The molecule has 3 aliphatic rings. The lowest BCUT2D eigenvalue weighted by atomic mass is 9.79. The van der Waals surface area contributed by atoms with Gasteiger partial charge in [0.1, 0.15) is 0 Å². The second-order valence-electron chi connectivity index (χ2n) is 11.1. The fraction of sp³-hybridized carbons (Fsp3) is 0.484. The van der Waals surface area contributed by atoms with E-state index in [4.69, 9.17) is 9.73 Å². The molecule has 0 bridgehead atoms. The number of nitrogens with zero attached hydrogens (tertiary/aromatic N) is 4. The molecule has 2 fully saturated rings. The molecule has 0 aliphatic carbocycles. The van der Waals surface area contributed by atoms with E-state index in [9.17, 15) is 4.79 Å². The molecule has 0 saturated carbocycles. The summed E-state index contributed by atoms with van der Waals surface area (Å²) < 4.78 is 5.47. The zero-order valence-electron chi connectivity index (χ0n) is 23.6. The van der Waals surface area contributed by atoms with E-state index in [2.05, 4.69) is 74.8 Å². The van der Waals surface area contributed by atoms with Crippen LogP contribution in [0.15, 0.2) is 46.3 Å². The third-order valence-corrected chi connectivity index (χ3v) is 9.04. The lowest BCUT2D eigenvalue weighted by Gasteiger charge is -2.47. The number of anilines is 2. The Bertz CT molecular complexity index is 1260. The number of amides is 1. The van der Waals surface area contributed by atoms with Crippen LogP contribution in [-0.4, -0.2) is 60.9 Å². The van der Waals surface area contributed by atoms with Gasteiger partial charge in [-0.2, -0.15) is 0 Å². The highest BCUT2D eigenvalue weighted by Gasteiger charge is 2.36. The molecule has 0 radical (unpaired) electrons. The summed E-state index contributed by atoms with van der Waals surface area (Å²) in [6.45, 7) is 18.3. The molecule has 3 heterocycles. The molecule has 7 heteroatoms. The standard InChI is InChI=1S/C31H40N4O2S/c1-7-34-29(36)28(38-30(34)32-24-9-11-25(12-10-24)33-13-15-37-16-14-33)19-23-18-26-22(4)20-31(5,6)35(8-2)27(26)17-21(23)3/h9-12,17-19,22H,7-8,13-16,20H2,1-6H3/b28-19-,32-30?. The van der Waals surface area contributed by atoms with E-state index in [1.54, 1.807) is 4.90 Å². The Morgan fingerprint density at radius 1 is 1.11 bits per heavy atom. The zero-order valence-corrected chi connectivity index (χ0v) is 24.4. The summed E-state index contributed by atoms with van der Waals surface area (Å²) in [7, 11) is 0. The van der Waals surface area contributed by atoms with Crippen molar-refractivity contribution in [2.24, 2.45) is 4.99 Å². The number of benzene rings is 2. The van der Waals surface area contributed by atoms with E-state index in [-0.39, 0.29) is 11.4 Å². The molecule has 2 aromatic carbocycles. The van der Waals surface area contributed by atoms with Crippen molar-refractivity contribution in [1.29, 1.82) is 0 Å². The number of morpholine rings is 1. The Morgan fingerprint density at radius 2 is 1.82 bits per heavy atom. The second-order valence-corrected chi connectivity index (χ2v) is 12.1. The van der Waals surface area contributed by atoms with Crippen LogP contribution < -0.4 is 9.80 Å². The maximum atomic E-state index is 13.4. The van der Waals surface area contributed by atoms with Gasteiger partial charge in [0.15, 0.2) is 5.17 Å². The van der Waals surface area contributed by atoms with Crippen LogP contribution in [0.3, 0.4) is 0 Å². The number of thioether (sulfide) groups is 1. The van der Waals surface area contributed by atoms with Crippen LogP contribution >= 0.6 is 11.8 Å². The molecule has 0 aromatic heterocycles. The first kappa shape index (κ1) is 26.8. The van der Waals surface area contributed by atoms with Crippen molar-refractivity contribution in [3.05, 3.63) is 58.0 Å². The summed E-state index contributed by atoms with van der Waals surface area (Å²) in [5.74, 6) is 0.500. The third-order valence-electron chi connectivity index (χ3n) is 8.03. The highest BCUT2D eigenvalue weighted by Crippen LogP contribution is 2.45. The molecule has 1 atom stereocenters. The molecule has 6 nitrogen and oxygen atoms in total. The summed E-state index contributed by atoms with van der Waals surface area (Å²) in [4.78, 5) is 25.6. The first-order chi connectivity index (χ1) is 18.2. The second kappa shape index (κ2) is 10.8. The molecule has 3 aliphatic heterocycles. The van der Waals surface area contributed by atoms with Crippen LogP contribution in [0, 0.1) is 6.92 Å². The van der Waals surface area contributed by atoms with Gasteiger partial charge in [-0.3, -0.25) is 9.69 Å². The molecule has 0 spiro atoms. The van der Waals surface area contributed by atoms with Gasteiger partial charge < -0.3 is 14.5 Å². The average molecular weight is 533 g/mol. The topological polar surface area (TPSA) is 48.4 Å². The van der Waals surface area contributed by atoms with Crippen molar-refractivity contribution < 1.29 is 9.53 Å². The van der Waals surface area contributed by atoms with Crippen molar-refractivity contribution in [3.8, 4) is 0 Å². The van der Waals surface area contributed by atoms with Gasteiger partial charge in [0, 0.05) is 43.1 Å². The molecule has 202 valence electrons. The highest BCUT2D eigenvalue weighted by molar-refractivity contribution is 8.18. The molecule has 2 aromatic rings. The fourth-order valence-electron chi connectivity index (χ4n) is 6.09. The molecule has 0 N–H and O–H groups in total. The number of carbonyl (C=O) groups is 1. The van der Waals surface area contributed by atoms with Crippen LogP contribution in [0.2, 0.25) is 0 Å². The Labute approximate surface area is 231 Å². The van der Waals surface area contributed by atoms with E-state index in [0.717, 1.165) is 60.6 Å². The summed E-state index contributed by atoms with van der Waals surface area (Å²) >= 11 is 1.48. The number of carbonyl (C=O) groups excluding carboxylic acids is 1. The maximum absolute atomic E-state index is 13.4. The smallest absolute Gasteiger partial charge is 0.266 e. The zero-order chi connectivity index (χ0) is 27.0. The number of hydrogen-bond acceptors (Lipinski definition) is 6. The molecular weight excluding hydrogens is 492 g/mol. The predicted octanol–water partition coefficient (Wildman–Crippen LogP) is 6.57. The minimum Gasteiger partial charge on any atom is -0.378 e. The summed E-state index contributed by atoms with van der Waals surface area (Å²) in [5, 5.41) is 0.741. The Kier molecular flexibility index (Phi) is 7.60. The lowest BCUT2D eigenvalue weighted by molar-refractivity contribution is -0.122. The van der Waals surface area contributed by atoms with Gasteiger partial charge in [0.2, 0.25) is 0 Å². The maximum Gasteiger partial charge on any atom is 0.266 e. The summed E-state index contributed by atoms with van der Waals surface area (Å²) in [5.41, 5.74) is 7.20. The van der Waals surface area contributed by atoms with Gasteiger partial charge in [0.05, 0.1) is 23.8 Å². The average Bonchev–Trinajstić information content (AvgIpc) is 3.19. The van der Waals surface area contributed by atoms with Gasteiger partial charge in [0.25, 0.3) is 5.91 Å². The molecule has 2 saturated heterocycles. The quantitative estimate of drug-likeness (QED) is 0.408. The molecule has 1 unspecified atom stereocenters.